The second-order valence-corrected chi connectivity index (χ2v) is 8.86. The molecular formula is C17H23N3O6S. The normalized spacial score (nSPS) is 24.4. The largest absolute Gasteiger partial charge is 0.497 e. The average Bonchev–Trinajstić information content (AvgIpc) is 2.86. The standard InChI is InChI=1S/C17H23N3O6S/c1-17(15(21)18-16(22)19-17)11-27(23,24)20-8-6-12(7-9-20)26-14-5-3-4-13(10-14)25-2/h3-5,10,12H,6-9,11H2,1-2H3,(H2,18,19,21,22)/t17-/m1/s1. The quantitative estimate of drug-likeness (QED) is 0.675. The molecule has 0 spiro atoms. The van der Waals surface area contributed by atoms with Crippen molar-refractivity contribution in [3.63, 3.8) is 0 Å². The summed E-state index contributed by atoms with van der Waals surface area (Å²) in [5.41, 5.74) is -1.45. The Labute approximate surface area is 158 Å². The maximum Gasteiger partial charge on any atom is 0.322 e. The molecule has 2 aliphatic rings. The van der Waals surface area contributed by atoms with E-state index < -0.39 is 33.3 Å². The van der Waals surface area contributed by atoms with E-state index in [4.69, 9.17) is 9.47 Å². The molecule has 1 aromatic carbocycles. The Morgan fingerprint density at radius 1 is 1.22 bits per heavy atom. The van der Waals surface area contributed by atoms with Gasteiger partial charge in [0.05, 0.1) is 12.9 Å². The summed E-state index contributed by atoms with van der Waals surface area (Å²) in [4.78, 5) is 23.2. The second-order valence-electron chi connectivity index (χ2n) is 6.89. The zero-order chi connectivity index (χ0) is 19.7. The fourth-order valence-corrected chi connectivity index (χ4v) is 5.12. The number of nitrogens with one attached hydrogen (secondary N) is 2. The lowest BCUT2D eigenvalue weighted by Crippen LogP contribution is -2.53. The van der Waals surface area contributed by atoms with Crippen molar-refractivity contribution in [3.8, 4) is 11.5 Å². The zero-order valence-corrected chi connectivity index (χ0v) is 16.0. The van der Waals surface area contributed by atoms with Crippen LogP contribution in [0.15, 0.2) is 24.3 Å². The molecule has 1 atom stereocenters. The maximum absolute atomic E-state index is 12.7. The van der Waals surface area contributed by atoms with Crippen LogP contribution in [-0.2, 0) is 14.8 Å². The molecule has 0 radical (unpaired) electrons. The smallest absolute Gasteiger partial charge is 0.322 e. The predicted octanol–water partition coefficient (Wildman–Crippen LogP) is 0.466. The van der Waals surface area contributed by atoms with Crippen LogP contribution >= 0.6 is 0 Å². The minimum absolute atomic E-state index is 0.103. The number of piperidine rings is 1. The number of hydrogen-bond donors (Lipinski definition) is 2. The summed E-state index contributed by atoms with van der Waals surface area (Å²) < 4.78 is 37.8. The third-order valence-corrected chi connectivity index (χ3v) is 6.82. The van der Waals surface area contributed by atoms with Crippen molar-refractivity contribution in [2.75, 3.05) is 26.0 Å². The number of rotatable bonds is 6. The Hall–Kier alpha value is -2.33. The molecular weight excluding hydrogens is 374 g/mol. The van der Waals surface area contributed by atoms with Gasteiger partial charge in [0.2, 0.25) is 10.0 Å². The third kappa shape index (κ3) is 4.33. The summed E-state index contributed by atoms with van der Waals surface area (Å²) in [5, 5.41) is 4.46. The highest BCUT2D eigenvalue weighted by Crippen LogP contribution is 2.25. The van der Waals surface area contributed by atoms with Crippen molar-refractivity contribution >= 4 is 22.0 Å². The number of amides is 3. The van der Waals surface area contributed by atoms with Crippen LogP contribution in [0.4, 0.5) is 4.79 Å². The lowest BCUT2D eigenvalue weighted by molar-refractivity contribution is -0.122. The lowest BCUT2D eigenvalue weighted by atomic mass is 10.1. The van der Waals surface area contributed by atoms with Crippen LogP contribution in [0.5, 0.6) is 11.5 Å². The molecule has 2 saturated heterocycles. The number of benzene rings is 1. The highest BCUT2D eigenvalue weighted by Gasteiger charge is 2.46. The van der Waals surface area contributed by atoms with E-state index in [-0.39, 0.29) is 6.10 Å². The van der Waals surface area contributed by atoms with Crippen molar-refractivity contribution < 1.29 is 27.5 Å². The van der Waals surface area contributed by atoms with E-state index in [1.54, 1.807) is 13.2 Å². The molecule has 148 valence electrons. The SMILES string of the molecule is COc1cccc(OC2CCN(S(=O)(=O)C[C@@]3(C)NC(=O)NC3=O)CC2)c1. The summed E-state index contributed by atoms with van der Waals surface area (Å²) in [6.45, 7) is 1.99. The molecule has 2 aliphatic heterocycles. The van der Waals surface area contributed by atoms with Crippen molar-refractivity contribution in [1.82, 2.24) is 14.9 Å². The Morgan fingerprint density at radius 3 is 2.48 bits per heavy atom. The average molecular weight is 397 g/mol. The van der Waals surface area contributed by atoms with Gasteiger partial charge in [-0.2, -0.15) is 0 Å². The number of nitrogens with zero attached hydrogens (tertiary/aromatic N) is 1. The molecule has 10 heteroatoms. The topological polar surface area (TPSA) is 114 Å². The Kier molecular flexibility index (Phi) is 5.29. The molecule has 2 heterocycles. The van der Waals surface area contributed by atoms with Gasteiger partial charge < -0.3 is 14.8 Å². The van der Waals surface area contributed by atoms with Gasteiger partial charge in [0.1, 0.15) is 23.1 Å². The first-order valence-electron chi connectivity index (χ1n) is 8.64. The molecule has 0 aromatic heterocycles. The number of imide groups is 1. The first kappa shape index (κ1) is 19.4. The number of carbonyl (C=O) groups is 2. The van der Waals surface area contributed by atoms with Crippen LogP contribution < -0.4 is 20.1 Å². The van der Waals surface area contributed by atoms with Crippen molar-refractivity contribution in [2.45, 2.75) is 31.4 Å². The molecule has 27 heavy (non-hydrogen) atoms. The number of sulfonamides is 1. The number of hydrogen-bond acceptors (Lipinski definition) is 6. The molecule has 3 amide bonds. The highest BCUT2D eigenvalue weighted by atomic mass is 32.2. The molecule has 0 aliphatic carbocycles. The van der Waals surface area contributed by atoms with E-state index in [1.807, 2.05) is 18.2 Å². The Morgan fingerprint density at radius 2 is 1.89 bits per heavy atom. The monoisotopic (exact) mass is 397 g/mol. The molecule has 2 N–H and O–H groups in total. The number of methoxy groups -OCH3 is 1. The first-order chi connectivity index (χ1) is 12.7. The maximum atomic E-state index is 12.7. The summed E-state index contributed by atoms with van der Waals surface area (Å²) in [6, 6.07) is 6.58. The Balaban J connectivity index is 1.58. The number of ether oxygens (including phenoxy) is 2. The van der Waals surface area contributed by atoms with Gasteiger partial charge in [0.15, 0.2) is 0 Å². The second kappa shape index (κ2) is 7.35. The van der Waals surface area contributed by atoms with Crippen molar-refractivity contribution in [1.29, 1.82) is 0 Å². The van der Waals surface area contributed by atoms with E-state index >= 15 is 0 Å². The highest BCUT2D eigenvalue weighted by molar-refractivity contribution is 7.89. The summed E-state index contributed by atoms with van der Waals surface area (Å²) in [6.07, 6.45) is 0.964. The van der Waals surface area contributed by atoms with E-state index in [1.165, 1.54) is 11.2 Å². The van der Waals surface area contributed by atoms with Gasteiger partial charge >= 0.3 is 6.03 Å². The van der Waals surface area contributed by atoms with Crippen LogP contribution in [0.3, 0.4) is 0 Å². The summed E-state index contributed by atoms with van der Waals surface area (Å²) >= 11 is 0. The third-order valence-electron chi connectivity index (χ3n) is 4.73. The first-order valence-corrected chi connectivity index (χ1v) is 10.2. The summed E-state index contributed by atoms with van der Waals surface area (Å²) in [5.74, 6) is 0.261. The van der Waals surface area contributed by atoms with Crippen LogP contribution in [0.1, 0.15) is 19.8 Å². The van der Waals surface area contributed by atoms with Crippen LogP contribution in [0.25, 0.3) is 0 Å². The van der Waals surface area contributed by atoms with E-state index in [0.29, 0.717) is 37.4 Å². The van der Waals surface area contributed by atoms with Gasteiger partial charge in [-0.05, 0) is 31.9 Å². The fourth-order valence-electron chi connectivity index (χ4n) is 3.23. The Bertz CT molecular complexity index is 835. The van der Waals surface area contributed by atoms with E-state index in [9.17, 15) is 18.0 Å². The fraction of sp³-hybridized carbons (Fsp3) is 0.529. The van der Waals surface area contributed by atoms with E-state index in [0.717, 1.165) is 0 Å². The molecule has 1 aromatic rings. The molecule has 0 unspecified atom stereocenters. The zero-order valence-electron chi connectivity index (χ0n) is 15.2. The lowest BCUT2D eigenvalue weighted by Gasteiger charge is -2.33. The van der Waals surface area contributed by atoms with Crippen molar-refractivity contribution in [3.05, 3.63) is 24.3 Å². The van der Waals surface area contributed by atoms with Gasteiger partial charge in [0, 0.05) is 19.2 Å². The van der Waals surface area contributed by atoms with Gasteiger partial charge in [-0.1, -0.05) is 6.07 Å². The van der Waals surface area contributed by atoms with Gasteiger partial charge in [-0.25, -0.2) is 17.5 Å². The molecule has 3 rings (SSSR count). The molecule has 2 fully saturated rings. The van der Waals surface area contributed by atoms with Crippen LogP contribution in [0, 0.1) is 0 Å². The van der Waals surface area contributed by atoms with Crippen LogP contribution in [-0.4, -0.2) is 62.3 Å². The number of carbonyl (C=O) groups excluding carboxylic acids is 2. The van der Waals surface area contributed by atoms with Gasteiger partial charge in [-0.15, -0.1) is 0 Å². The molecule has 0 bridgehead atoms. The van der Waals surface area contributed by atoms with Crippen molar-refractivity contribution in [2.24, 2.45) is 0 Å². The number of urea groups is 1. The van der Waals surface area contributed by atoms with Gasteiger partial charge in [0.25, 0.3) is 5.91 Å². The summed E-state index contributed by atoms with van der Waals surface area (Å²) in [7, 11) is -2.13. The minimum atomic E-state index is -3.71. The van der Waals surface area contributed by atoms with Crippen LogP contribution in [0.2, 0.25) is 0 Å². The van der Waals surface area contributed by atoms with E-state index in [2.05, 4.69) is 10.6 Å². The molecule has 0 saturated carbocycles. The predicted molar refractivity (Wildman–Crippen MR) is 97.1 cm³/mol. The molecule has 9 nitrogen and oxygen atoms in total. The minimum Gasteiger partial charge on any atom is -0.497 e. The van der Waals surface area contributed by atoms with Gasteiger partial charge in [-0.3, -0.25) is 10.1 Å².